The van der Waals surface area contributed by atoms with Gasteiger partial charge in [-0.25, -0.2) is 0 Å². The van der Waals surface area contributed by atoms with Crippen LogP contribution in [0.4, 0.5) is 0 Å². The van der Waals surface area contributed by atoms with Gasteiger partial charge in [0.25, 0.3) is 0 Å². The van der Waals surface area contributed by atoms with Gasteiger partial charge in [0.1, 0.15) is 0 Å². The third-order valence-electron chi connectivity index (χ3n) is 6.36. The van der Waals surface area contributed by atoms with Gasteiger partial charge in [0.05, 0.1) is 11.8 Å². The summed E-state index contributed by atoms with van der Waals surface area (Å²) in [4.78, 5) is 11.8. The molecule has 0 atom stereocenters. The molecule has 0 radical (unpaired) electrons. The average molecular weight is 430 g/mol. The molecule has 1 aliphatic heterocycles. The van der Waals surface area contributed by atoms with E-state index in [1.54, 1.807) is 0 Å². The highest BCUT2D eigenvalue weighted by Crippen LogP contribution is 2.20. The minimum absolute atomic E-state index is 0.502. The number of likely N-dealkylation sites (tertiary alicyclic amines) is 1. The van der Waals surface area contributed by atoms with Crippen molar-refractivity contribution in [3.05, 3.63) is 30.1 Å². The van der Waals surface area contributed by atoms with E-state index in [-0.39, 0.29) is 0 Å². The Balaban J connectivity index is 1.27. The van der Waals surface area contributed by atoms with Gasteiger partial charge in [0.15, 0.2) is 5.96 Å². The normalized spacial score (nSPS) is 19.5. The van der Waals surface area contributed by atoms with Gasteiger partial charge in [0.2, 0.25) is 0 Å². The molecule has 1 aromatic heterocycles. The molecule has 0 bridgehead atoms. The Hall–Kier alpha value is -1.66. The zero-order chi connectivity index (χ0) is 21.6. The van der Waals surface area contributed by atoms with E-state index in [9.17, 15) is 0 Å². The van der Waals surface area contributed by atoms with Gasteiger partial charge in [-0.3, -0.25) is 14.9 Å². The second-order valence-electron chi connectivity index (χ2n) is 8.97. The van der Waals surface area contributed by atoms with Crippen LogP contribution in [0.1, 0.15) is 76.8 Å². The van der Waals surface area contributed by atoms with Gasteiger partial charge in [-0.05, 0) is 64.0 Å². The maximum Gasteiger partial charge on any atom is 0.191 e. The largest absolute Gasteiger partial charge is 0.378 e. The molecule has 0 spiro atoms. The van der Waals surface area contributed by atoms with Crippen LogP contribution in [0.3, 0.4) is 0 Å². The number of nitrogens with zero attached hydrogens (tertiary/aromatic N) is 3. The number of aliphatic imine (C=N–C) groups is 1. The van der Waals surface area contributed by atoms with Crippen molar-refractivity contribution in [3.8, 4) is 0 Å². The number of hydrogen-bond acceptors (Lipinski definition) is 4. The summed E-state index contributed by atoms with van der Waals surface area (Å²) in [6.07, 6.45) is 14.8. The van der Waals surface area contributed by atoms with E-state index in [4.69, 9.17) is 9.73 Å². The third kappa shape index (κ3) is 9.56. The number of unbranched alkanes of at least 4 members (excludes halogenated alkanes) is 2. The smallest absolute Gasteiger partial charge is 0.191 e. The van der Waals surface area contributed by atoms with E-state index in [0.29, 0.717) is 12.1 Å². The fourth-order valence-electron chi connectivity index (χ4n) is 4.53. The van der Waals surface area contributed by atoms with Crippen molar-refractivity contribution in [3.63, 3.8) is 0 Å². The molecule has 6 heteroatoms. The Kier molecular flexibility index (Phi) is 11.2. The Morgan fingerprint density at radius 3 is 2.68 bits per heavy atom. The number of ether oxygens (including phenoxy) is 1. The lowest BCUT2D eigenvalue weighted by Gasteiger charge is -2.32. The lowest BCUT2D eigenvalue weighted by atomic mass is 9.98. The summed E-state index contributed by atoms with van der Waals surface area (Å²) >= 11 is 0. The lowest BCUT2D eigenvalue weighted by Crippen LogP contribution is -2.48. The van der Waals surface area contributed by atoms with Crippen molar-refractivity contribution >= 4 is 5.96 Å². The third-order valence-corrected chi connectivity index (χ3v) is 6.36. The van der Waals surface area contributed by atoms with Crippen molar-refractivity contribution in [1.29, 1.82) is 0 Å². The summed E-state index contributed by atoms with van der Waals surface area (Å²) in [6, 6.07) is 6.66. The van der Waals surface area contributed by atoms with E-state index in [2.05, 4.69) is 39.6 Å². The van der Waals surface area contributed by atoms with E-state index in [1.807, 2.05) is 12.3 Å². The van der Waals surface area contributed by atoms with E-state index in [0.717, 1.165) is 76.7 Å². The Labute approximate surface area is 189 Å². The highest BCUT2D eigenvalue weighted by Gasteiger charge is 2.20. The van der Waals surface area contributed by atoms with E-state index < -0.39 is 0 Å². The van der Waals surface area contributed by atoms with E-state index >= 15 is 0 Å². The second kappa shape index (κ2) is 14.4. The van der Waals surface area contributed by atoms with Crippen LogP contribution in [0.25, 0.3) is 0 Å². The molecule has 1 aliphatic carbocycles. The number of piperidine rings is 1. The molecule has 31 heavy (non-hydrogen) atoms. The number of aromatic nitrogens is 1. The van der Waals surface area contributed by atoms with Crippen molar-refractivity contribution < 1.29 is 4.74 Å². The number of nitrogens with one attached hydrogen (secondary N) is 2. The van der Waals surface area contributed by atoms with Gasteiger partial charge >= 0.3 is 0 Å². The molecule has 1 aromatic rings. The van der Waals surface area contributed by atoms with E-state index in [1.165, 1.54) is 38.5 Å². The average Bonchev–Trinajstić information content (AvgIpc) is 2.81. The summed E-state index contributed by atoms with van der Waals surface area (Å²) in [7, 11) is 0. The zero-order valence-electron chi connectivity index (χ0n) is 19.5. The molecule has 2 aliphatic rings. The first-order chi connectivity index (χ1) is 15.3. The highest BCUT2D eigenvalue weighted by atomic mass is 16.5. The molecular formula is C25H43N5O. The van der Waals surface area contributed by atoms with Crippen LogP contribution in [-0.2, 0) is 11.3 Å². The van der Waals surface area contributed by atoms with Crippen LogP contribution >= 0.6 is 0 Å². The maximum absolute atomic E-state index is 6.03. The molecule has 6 nitrogen and oxygen atoms in total. The second-order valence-corrected chi connectivity index (χ2v) is 8.97. The van der Waals surface area contributed by atoms with Crippen molar-refractivity contribution in [1.82, 2.24) is 20.5 Å². The molecule has 3 rings (SSSR count). The molecule has 0 unspecified atom stereocenters. The molecule has 1 saturated heterocycles. The number of pyridine rings is 1. The minimum atomic E-state index is 0.502. The van der Waals surface area contributed by atoms with Crippen molar-refractivity contribution in [2.45, 2.75) is 89.8 Å². The lowest BCUT2D eigenvalue weighted by molar-refractivity contribution is 0.0264. The number of hydrogen-bond donors (Lipinski definition) is 2. The predicted molar refractivity (Wildman–Crippen MR) is 128 cm³/mol. The summed E-state index contributed by atoms with van der Waals surface area (Å²) in [5.41, 5.74) is 1.16. The quantitative estimate of drug-likeness (QED) is 0.315. The molecule has 1 saturated carbocycles. The van der Waals surface area contributed by atoms with Gasteiger partial charge < -0.3 is 15.4 Å². The molecule has 2 N–H and O–H groups in total. The molecule has 174 valence electrons. The van der Waals surface area contributed by atoms with Crippen LogP contribution in [0, 0.1) is 0 Å². The summed E-state index contributed by atoms with van der Waals surface area (Å²) in [6.45, 7) is 8.01. The van der Waals surface area contributed by atoms with Crippen LogP contribution < -0.4 is 10.6 Å². The van der Waals surface area contributed by atoms with Gasteiger partial charge in [-0.15, -0.1) is 0 Å². The van der Waals surface area contributed by atoms with Crippen LogP contribution in [0.2, 0.25) is 0 Å². The highest BCUT2D eigenvalue weighted by molar-refractivity contribution is 5.80. The maximum atomic E-state index is 6.03. The Morgan fingerprint density at radius 2 is 1.94 bits per heavy atom. The minimum Gasteiger partial charge on any atom is -0.378 e. The molecule has 2 fully saturated rings. The Morgan fingerprint density at radius 1 is 1.10 bits per heavy atom. The molecule has 0 aromatic carbocycles. The standard InChI is InChI=1S/C25H43N5O/c1-2-26-25(28-17-8-4-10-20-31-24-12-5-3-6-13-24)29-22-14-18-30(19-15-22)21-23-11-7-9-16-27-23/h7,9,11,16,22,24H,2-6,8,10,12-15,17-21H2,1H3,(H2,26,28,29). The molecule has 2 heterocycles. The zero-order valence-corrected chi connectivity index (χ0v) is 19.5. The SMILES string of the molecule is CCNC(=NCCCCCOC1CCCCC1)NC1CCN(Cc2ccccn2)CC1. The van der Waals surface area contributed by atoms with Crippen molar-refractivity contribution in [2.75, 3.05) is 32.8 Å². The van der Waals surface area contributed by atoms with Crippen molar-refractivity contribution in [2.24, 2.45) is 4.99 Å². The first-order valence-electron chi connectivity index (χ1n) is 12.6. The topological polar surface area (TPSA) is 61.8 Å². The first kappa shape index (κ1) is 24.0. The summed E-state index contributed by atoms with van der Waals surface area (Å²) < 4.78 is 6.03. The summed E-state index contributed by atoms with van der Waals surface area (Å²) in [5, 5.41) is 7.07. The van der Waals surface area contributed by atoms with Crippen LogP contribution in [-0.4, -0.2) is 60.8 Å². The molecule has 0 amide bonds. The molecular weight excluding hydrogens is 386 g/mol. The summed E-state index contributed by atoms with van der Waals surface area (Å²) in [5.74, 6) is 0.976. The monoisotopic (exact) mass is 429 g/mol. The number of rotatable bonds is 11. The number of guanidine groups is 1. The first-order valence-corrected chi connectivity index (χ1v) is 12.6. The van der Waals surface area contributed by atoms with Crippen LogP contribution in [0.15, 0.2) is 29.4 Å². The fraction of sp³-hybridized carbons (Fsp3) is 0.760. The predicted octanol–water partition coefficient (Wildman–Crippen LogP) is 4.12. The van der Waals surface area contributed by atoms with Crippen LogP contribution in [0.5, 0.6) is 0 Å². The fourth-order valence-corrected chi connectivity index (χ4v) is 4.53. The van der Waals surface area contributed by atoms with Gasteiger partial charge in [0, 0.05) is 51.6 Å². The Bertz CT molecular complexity index is 610. The van der Waals surface area contributed by atoms with Gasteiger partial charge in [-0.2, -0.15) is 0 Å². The van der Waals surface area contributed by atoms with Gasteiger partial charge in [-0.1, -0.05) is 25.3 Å².